The Morgan fingerprint density at radius 1 is 1.10 bits per heavy atom. The maximum atomic E-state index is 13.8. The van der Waals surface area contributed by atoms with Gasteiger partial charge in [-0.05, 0) is 18.6 Å². The van der Waals surface area contributed by atoms with Gasteiger partial charge in [0.25, 0.3) is 5.91 Å². The van der Waals surface area contributed by atoms with E-state index in [2.05, 4.69) is 24.0 Å². The molecule has 2 heterocycles. The minimum atomic E-state index is -0.104. The molecule has 4 rings (SSSR count). The highest BCUT2D eigenvalue weighted by molar-refractivity contribution is 5.99. The monoisotopic (exact) mass is 422 g/mol. The maximum Gasteiger partial charge on any atom is 0.290 e. The van der Waals surface area contributed by atoms with Crippen molar-refractivity contribution in [2.75, 3.05) is 40.0 Å². The molecule has 1 aliphatic rings. The smallest absolute Gasteiger partial charge is 0.290 e. The van der Waals surface area contributed by atoms with Crippen LogP contribution in [0.15, 0.2) is 59.0 Å². The minimum Gasteiger partial charge on any atom is -0.451 e. The van der Waals surface area contributed by atoms with E-state index in [4.69, 9.17) is 13.9 Å². The van der Waals surface area contributed by atoms with E-state index >= 15 is 0 Å². The minimum absolute atomic E-state index is 0.00872. The van der Waals surface area contributed by atoms with Crippen molar-refractivity contribution in [3.05, 3.63) is 71.5 Å². The zero-order valence-electron chi connectivity index (χ0n) is 18.3. The molecule has 1 unspecified atom stereocenters. The first-order chi connectivity index (χ1) is 15.2. The molecule has 1 saturated heterocycles. The number of hydrogen-bond acceptors (Lipinski definition) is 5. The third-order valence-electron chi connectivity index (χ3n) is 5.80. The summed E-state index contributed by atoms with van der Waals surface area (Å²) in [5, 5.41) is 0.924. The van der Waals surface area contributed by atoms with Gasteiger partial charge in [-0.15, -0.1) is 0 Å². The maximum absolute atomic E-state index is 13.8. The van der Waals surface area contributed by atoms with Gasteiger partial charge in [-0.3, -0.25) is 9.69 Å². The predicted octanol–water partition coefficient (Wildman–Crippen LogP) is 3.94. The van der Waals surface area contributed by atoms with Crippen molar-refractivity contribution >= 4 is 16.9 Å². The Bertz CT molecular complexity index is 995. The highest BCUT2D eigenvalue weighted by atomic mass is 16.5. The van der Waals surface area contributed by atoms with E-state index in [0.717, 1.165) is 49.4 Å². The molecule has 0 N–H and O–H groups in total. The van der Waals surface area contributed by atoms with E-state index in [9.17, 15) is 4.79 Å². The summed E-state index contributed by atoms with van der Waals surface area (Å²) in [6, 6.07) is 17.8. The van der Waals surface area contributed by atoms with Crippen LogP contribution >= 0.6 is 0 Å². The summed E-state index contributed by atoms with van der Waals surface area (Å²) in [7, 11) is 1.64. The van der Waals surface area contributed by atoms with E-state index in [-0.39, 0.29) is 11.9 Å². The molecule has 31 heavy (non-hydrogen) atoms. The van der Waals surface area contributed by atoms with Crippen molar-refractivity contribution in [2.45, 2.75) is 26.1 Å². The van der Waals surface area contributed by atoms with Crippen molar-refractivity contribution in [1.82, 2.24) is 9.80 Å². The molecular formula is C25H30N2O4. The normalized spacial score (nSPS) is 15.8. The lowest BCUT2D eigenvalue weighted by Gasteiger charge is -2.35. The van der Waals surface area contributed by atoms with Crippen LogP contribution in [0.5, 0.6) is 0 Å². The largest absolute Gasteiger partial charge is 0.451 e. The van der Waals surface area contributed by atoms with Crippen LogP contribution in [0.1, 0.15) is 28.6 Å². The summed E-state index contributed by atoms with van der Waals surface area (Å²) in [4.78, 5) is 18.1. The first kappa shape index (κ1) is 21.6. The van der Waals surface area contributed by atoms with Crippen molar-refractivity contribution in [3.63, 3.8) is 0 Å². The van der Waals surface area contributed by atoms with Gasteiger partial charge in [-0.2, -0.15) is 0 Å². The lowest BCUT2D eigenvalue weighted by atomic mass is 10.1. The number of benzene rings is 2. The van der Waals surface area contributed by atoms with Gasteiger partial charge in [0.2, 0.25) is 0 Å². The fourth-order valence-electron chi connectivity index (χ4n) is 4.15. The number of para-hydroxylation sites is 1. The Balaban J connectivity index is 1.66. The Labute approximate surface area is 183 Å². The Kier molecular flexibility index (Phi) is 7.02. The van der Waals surface area contributed by atoms with E-state index in [0.29, 0.717) is 24.5 Å². The molecule has 0 saturated carbocycles. The van der Waals surface area contributed by atoms with Crippen LogP contribution in [0.25, 0.3) is 11.0 Å². The second kappa shape index (κ2) is 10.1. The molecule has 0 spiro atoms. The molecule has 1 aromatic heterocycles. The number of rotatable bonds is 8. The first-order valence-corrected chi connectivity index (χ1v) is 10.8. The number of morpholine rings is 1. The quantitative estimate of drug-likeness (QED) is 0.550. The molecule has 1 atom stereocenters. The number of hydrogen-bond donors (Lipinski definition) is 0. The van der Waals surface area contributed by atoms with Crippen molar-refractivity contribution in [1.29, 1.82) is 0 Å². The van der Waals surface area contributed by atoms with E-state index < -0.39 is 0 Å². The third kappa shape index (κ3) is 4.98. The molecule has 3 aromatic rings. The summed E-state index contributed by atoms with van der Waals surface area (Å²) in [6.07, 6.45) is 0. The zero-order chi connectivity index (χ0) is 21.6. The standard InChI is InChI=1S/C25H30N2O4/c1-19(16-26-12-14-30-15-13-26)27(17-20-8-4-3-5-9-20)25(28)24-22(18-29-2)21-10-6-7-11-23(21)31-24/h3-11,19H,12-18H2,1-2H3. The summed E-state index contributed by atoms with van der Waals surface area (Å²) in [5.41, 5.74) is 2.60. The molecule has 1 fully saturated rings. The first-order valence-electron chi connectivity index (χ1n) is 10.8. The second-order valence-corrected chi connectivity index (χ2v) is 8.02. The SMILES string of the molecule is COCc1c(C(=O)N(Cc2ccccc2)C(C)CN2CCOCC2)oc2ccccc12. The Morgan fingerprint density at radius 2 is 1.81 bits per heavy atom. The number of methoxy groups -OCH3 is 1. The molecule has 0 bridgehead atoms. The number of furan rings is 1. The molecule has 2 aromatic carbocycles. The van der Waals surface area contributed by atoms with Crippen LogP contribution in [-0.2, 0) is 22.6 Å². The molecule has 6 heteroatoms. The Morgan fingerprint density at radius 3 is 2.55 bits per heavy atom. The summed E-state index contributed by atoms with van der Waals surface area (Å²) >= 11 is 0. The van der Waals surface area contributed by atoms with Crippen molar-refractivity contribution < 1.29 is 18.7 Å². The fourth-order valence-corrected chi connectivity index (χ4v) is 4.15. The molecule has 1 amide bonds. The topological polar surface area (TPSA) is 55.2 Å². The molecule has 1 aliphatic heterocycles. The van der Waals surface area contributed by atoms with Crippen LogP contribution in [-0.4, -0.2) is 61.7 Å². The number of ether oxygens (including phenoxy) is 2. The van der Waals surface area contributed by atoms with Crippen LogP contribution < -0.4 is 0 Å². The number of carbonyl (C=O) groups excluding carboxylic acids is 1. The fraction of sp³-hybridized carbons (Fsp3) is 0.400. The Hall–Kier alpha value is -2.67. The van der Waals surface area contributed by atoms with Gasteiger partial charge in [0.15, 0.2) is 5.76 Å². The van der Waals surface area contributed by atoms with Gasteiger partial charge >= 0.3 is 0 Å². The third-order valence-corrected chi connectivity index (χ3v) is 5.80. The number of fused-ring (bicyclic) bond motifs is 1. The van der Waals surface area contributed by atoms with E-state index in [1.54, 1.807) is 7.11 Å². The predicted molar refractivity (Wildman–Crippen MR) is 120 cm³/mol. The van der Waals surface area contributed by atoms with Gasteiger partial charge in [-0.25, -0.2) is 0 Å². The molecule has 0 radical (unpaired) electrons. The lowest BCUT2D eigenvalue weighted by Crippen LogP contribution is -2.48. The highest BCUT2D eigenvalue weighted by Crippen LogP contribution is 2.28. The molecular weight excluding hydrogens is 392 g/mol. The van der Waals surface area contributed by atoms with Gasteiger partial charge in [0.05, 0.1) is 19.8 Å². The van der Waals surface area contributed by atoms with Crippen LogP contribution in [0.2, 0.25) is 0 Å². The van der Waals surface area contributed by atoms with Crippen LogP contribution in [0.3, 0.4) is 0 Å². The average molecular weight is 423 g/mol. The number of carbonyl (C=O) groups is 1. The summed E-state index contributed by atoms with van der Waals surface area (Å²) in [5.74, 6) is 0.265. The van der Waals surface area contributed by atoms with Crippen LogP contribution in [0.4, 0.5) is 0 Å². The molecule has 164 valence electrons. The van der Waals surface area contributed by atoms with Gasteiger partial charge < -0.3 is 18.8 Å². The average Bonchev–Trinajstić information content (AvgIpc) is 3.17. The summed E-state index contributed by atoms with van der Waals surface area (Å²) < 4.78 is 17.0. The van der Waals surface area contributed by atoms with Gasteiger partial charge in [0, 0.05) is 50.3 Å². The number of amides is 1. The van der Waals surface area contributed by atoms with Crippen molar-refractivity contribution in [2.24, 2.45) is 0 Å². The summed E-state index contributed by atoms with van der Waals surface area (Å²) in [6.45, 7) is 7.00. The number of nitrogens with zero attached hydrogens (tertiary/aromatic N) is 2. The zero-order valence-corrected chi connectivity index (χ0v) is 18.3. The second-order valence-electron chi connectivity index (χ2n) is 8.02. The van der Waals surface area contributed by atoms with E-state index in [1.165, 1.54) is 0 Å². The molecule has 6 nitrogen and oxygen atoms in total. The van der Waals surface area contributed by atoms with Crippen LogP contribution in [0, 0.1) is 0 Å². The van der Waals surface area contributed by atoms with Gasteiger partial charge in [0.1, 0.15) is 5.58 Å². The van der Waals surface area contributed by atoms with Gasteiger partial charge in [-0.1, -0.05) is 48.5 Å². The van der Waals surface area contributed by atoms with E-state index in [1.807, 2.05) is 47.4 Å². The molecule has 0 aliphatic carbocycles. The van der Waals surface area contributed by atoms with Crippen molar-refractivity contribution in [3.8, 4) is 0 Å². The highest BCUT2D eigenvalue weighted by Gasteiger charge is 2.29. The lowest BCUT2D eigenvalue weighted by molar-refractivity contribution is 0.0221.